The number of carbonyl (C=O) groups excluding carboxylic acids is 2. The number of aliphatic carboxylic acids is 1. The van der Waals surface area contributed by atoms with E-state index in [9.17, 15) is 45.8 Å². The second-order valence-electron chi connectivity index (χ2n) is 7.50. The van der Waals surface area contributed by atoms with Gasteiger partial charge >= 0.3 is 18.3 Å². The fourth-order valence-corrected chi connectivity index (χ4v) is 6.38. The van der Waals surface area contributed by atoms with E-state index in [4.69, 9.17) is 10.9 Å². The third-order valence-corrected chi connectivity index (χ3v) is 8.04. The maximum absolute atomic E-state index is 13.1. The van der Waals surface area contributed by atoms with Gasteiger partial charge in [0.15, 0.2) is 15.2 Å². The van der Waals surface area contributed by atoms with E-state index in [0.717, 1.165) is 4.90 Å². The fraction of sp³-hybridized carbons (Fsp3) is 0.353. The predicted octanol–water partition coefficient (Wildman–Crippen LogP) is 2.37. The van der Waals surface area contributed by atoms with Crippen molar-refractivity contribution < 1.29 is 51.0 Å². The molecule has 0 unspecified atom stereocenters. The van der Waals surface area contributed by atoms with Crippen molar-refractivity contribution in [3.63, 3.8) is 0 Å². The third kappa shape index (κ3) is 4.99. The van der Waals surface area contributed by atoms with Gasteiger partial charge in [0.1, 0.15) is 16.6 Å². The van der Waals surface area contributed by atoms with Gasteiger partial charge in [-0.15, -0.1) is 11.3 Å². The van der Waals surface area contributed by atoms with Crippen LogP contribution in [0.4, 0.5) is 31.5 Å². The maximum atomic E-state index is 13.1. The van der Waals surface area contributed by atoms with Gasteiger partial charge in [-0.2, -0.15) is 35.7 Å². The first-order chi connectivity index (χ1) is 17.6. The van der Waals surface area contributed by atoms with Crippen LogP contribution in [0.15, 0.2) is 20.1 Å². The number of carboxylic acids is 1. The average Bonchev–Trinajstić information content (AvgIpc) is 3.44. The van der Waals surface area contributed by atoms with Crippen molar-refractivity contribution in [2.24, 2.45) is 5.16 Å². The number of nitrogen functional groups attached to an aromatic ring is 1. The summed E-state index contributed by atoms with van der Waals surface area (Å²) in [6.07, 6.45) is -10.9. The fourth-order valence-electron chi connectivity index (χ4n) is 3.69. The molecule has 2 amide bonds. The quantitative estimate of drug-likeness (QED) is 0.126. The number of anilines is 1. The van der Waals surface area contributed by atoms with Crippen LogP contribution in [0.3, 0.4) is 0 Å². The highest BCUT2D eigenvalue weighted by Crippen LogP contribution is 2.49. The summed E-state index contributed by atoms with van der Waals surface area (Å²) in [6.45, 7) is 0. The lowest BCUT2D eigenvalue weighted by atomic mass is 9.86. The van der Waals surface area contributed by atoms with Crippen molar-refractivity contribution in [3.05, 3.63) is 27.0 Å². The zero-order valence-corrected chi connectivity index (χ0v) is 20.4. The molecule has 0 spiro atoms. The van der Waals surface area contributed by atoms with Gasteiger partial charge in [0, 0.05) is 16.4 Å². The number of carbonyl (C=O) groups is 3. The van der Waals surface area contributed by atoms with Gasteiger partial charge < -0.3 is 21.4 Å². The molecule has 38 heavy (non-hydrogen) atoms. The molecular weight excluding hydrogens is 592 g/mol. The number of amides is 2. The Bertz CT molecular complexity index is 1350. The Morgan fingerprint density at radius 1 is 1.18 bits per heavy atom. The van der Waals surface area contributed by atoms with Gasteiger partial charge in [-0.1, -0.05) is 16.9 Å². The summed E-state index contributed by atoms with van der Waals surface area (Å²) in [5.41, 5.74) is 1.94. The second kappa shape index (κ2) is 9.69. The minimum atomic E-state index is -5.41. The van der Waals surface area contributed by atoms with E-state index in [-0.39, 0.29) is 51.8 Å². The number of nitrogens with one attached hydrogen (secondary N) is 1. The lowest BCUT2D eigenvalue weighted by molar-refractivity contribution is -0.162. The number of rotatable bonds is 6. The number of carboxylic acid groups (broad SMARTS) is 1. The van der Waals surface area contributed by atoms with Crippen LogP contribution >= 0.6 is 34.6 Å². The standard InChI is InChI=1S/C17H11F6N7O5S3/c18-16(19,20)8-9(17(21,22)23)37-15(26-8)36-4-2-1-3-5(12(32)30(3)7(4)13(33)34)25-11(31)6(28-35)10-27-14(24)38-29-10/h3,5,35H,1-2H2,(H,25,31)(H,33,34)(H2,24,27,29)/b28-6-/t3-,5+/m1/s1. The molecule has 0 saturated carbocycles. The normalized spacial score (nSPS) is 20.3. The van der Waals surface area contributed by atoms with Gasteiger partial charge in [-0.3, -0.25) is 14.5 Å². The summed E-state index contributed by atoms with van der Waals surface area (Å²) in [5.74, 6) is -4.00. The van der Waals surface area contributed by atoms with Crippen LogP contribution in [0, 0.1) is 0 Å². The van der Waals surface area contributed by atoms with Crippen LogP contribution in [0.25, 0.3) is 0 Å². The molecule has 204 valence electrons. The van der Waals surface area contributed by atoms with Gasteiger partial charge in [-0.25, -0.2) is 9.78 Å². The van der Waals surface area contributed by atoms with Crippen LogP contribution in [-0.4, -0.2) is 65.1 Å². The molecule has 0 radical (unpaired) electrons. The molecule has 1 fully saturated rings. The molecule has 4 rings (SSSR count). The number of thiazole rings is 1. The van der Waals surface area contributed by atoms with Crippen LogP contribution in [0.5, 0.6) is 0 Å². The molecule has 2 aromatic rings. The predicted molar refractivity (Wildman–Crippen MR) is 117 cm³/mol. The van der Waals surface area contributed by atoms with E-state index in [1.165, 1.54) is 0 Å². The smallest absolute Gasteiger partial charge is 0.434 e. The number of fused-ring (bicyclic) bond motifs is 1. The Morgan fingerprint density at radius 2 is 1.87 bits per heavy atom. The van der Waals surface area contributed by atoms with Crippen molar-refractivity contribution in [2.45, 2.75) is 41.6 Å². The Kier molecular flexibility index (Phi) is 7.03. The number of halogens is 6. The number of thioether (sulfide) groups is 1. The second-order valence-corrected chi connectivity index (χ2v) is 10.6. The van der Waals surface area contributed by atoms with Crippen molar-refractivity contribution in [1.29, 1.82) is 0 Å². The highest BCUT2D eigenvalue weighted by atomic mass is 32.2. The van der Waals surface area contributed by atoms with E-state index in [1.807, 2.05) is 0 Å². The van der Waals surface area contributed by atoms with Crippen LogP contribution in [0.1, 0.15) is 29.2 Å². The monoisotopic (exact) mass is 603 g/mol. The summed E-state index contributed by atoms with van der Waals surface area (Å²) in [6, 6.07) is -2.19. The number of nitrogens with two attached hydrogens (primary N) is 1. The number of alkyl halides is 6. The number of hydrogen-bond acceptors (Lipinski definition) is 12. The minimum Gasteiger partial charge on any atom is -0.477 e. The number of oxime groups is 1. The highest BCUT2D eigenvalue weighted by Gasteiger charge is 2.54. The molecule has 4 heterocycles. The molecule has 0 aliphatic carbocycles. The van der Waals surface area contributed by atoms with E-state index in [2.05, 4.69) is 24.8 Å². The molecule has 0 bridgehead atoms. The summed E-state index contributed by atoms with van der Waals surface area (Å²) in [5, 5.41) is 23.9. The van der Waals surface area contributed by atoms with Gasteiger partial charge in [0.25, 0.3) is 11.8 Å². The maximum Gasteiger partial charge on any atom is 0.434 e. The molecule has 2 aliphatic heterocycles. The topological polar surface area (TPSA) is 184 Å². The minimum absolute atomic E-state index is 0.00701. The summed E-state index contributed by atoms with van der Waals surface area (Å²) >= 11 is 0.676. The van der Waals surface area contributed by atoms with E-state index in [0.29, 0.717) is 11.5 Å². The molecule has 5 N–H and O–H groups in total. The van der Waals surface area contributed by atoms with Crippen molar-refractivity contribution in [1.82, 2.24) is 24.6 Å². The first-order valence-corrected chi connectivity index (χ1v) is 12.3. The third-order valence-electron chi connectivity index (χ3n) is 5.19. The zero-order valence-electron chi connectivity index (χ0n) is 18.0. The number of β-lactam (4-membered cyclic amide) rings is 1. The molecule has 1 saturated heterocycles. The van der Waals surface area contributed by atoms with Crippen molar-refractivity contribution in [2.75, 3.05) is 5.73 Å². The van der Waals surface area contributed by atoms with Crippen molar-refractivity contribution in [3.8, 4) is 0 Å². The molecule has 0 aromatic carbocycles. The Labute approximate surface area is 218 Å². The lowest BCUT2D eigenvalue weighted by Crippen LogP contribution is -2.72. The molecular formula is C17H11F6N7O5S3. The Morgan fingerprint density at radius 3 is 2.37 bits per heavy atom. The van der Waals surface area contributed by atoms with E-state index < -0.39 is 68.5 Å². The molecule has 2 atom stereocenters. The Hall–Kier alpha value is -3.46. The summed E-state index contributed by atoms with van der Waals surface area (Å²) in [7, 11) is 0. The average molecular weight is 604 g/mol. The van der Waals surface area contributed by atoms with Crippen LogP contribution < -0.4 is 11.1 Å². The van der Waals surface area contributed by atoms with Crippen LogP contribution in [0.2, 0.25) is 0 Å². The molecule has 2 aliphatic rings. The summed E-state index contributed by atoms with van der Waals surface area (Å²) in [4.78, 5) is 42.5. The SMILES string of the molecule is Nc1nc(/C(=N/O)C(=O)N[C@@H]2C(=O)N3C(C(=O)O)=C(Sc4nc(C(F)(F)F)c(C(F)(F)F)s4)CC[C@H]23)ns1. The van der Waals surface area contributed by atoms with E-state index in [1.54, 1.807) is 0 Å². The number of allylic oxidation sites excluding steroid dienone is 1. The number of nitrogens with zero attached hydrogens (tertiary/aromatic N) is 5. The number of aromatic nitrogens is 3. The largest absolute Gasteiger partial charge is 0.477 e. The zero-order chi connectivity index (χ0) is 28.2. The van der Waals surface area contributed by atoms with E-state index >= 15 is 0 Å². The van der Waals surface area contributed by atoms with Gasteiger partial charge in [0.05, 0.1) is 6.04 Å². The first-order valence-electron chi connectivity index (χ1n) is 9.88. The van der Waals surface area contributed by atoms with Crippen LogP contribution in [-0.2, 0) is 26.7 Å². The summed E-state index contributed by atoms with van der Waals surface area (Å²) < 4.78 is 81.6. The van der Waals surface area contributed by atoms with Gasteiger partial charge in [-0.05, 0) is 12.8 Å². The van der Waals surface area contributed by atoms with Gasteiger partial charge in [0.2, 0.25) is 11.5 Å². The molecule has 2 aromatic heterocycles. The Balaban J connectivity index is 1.57. The molecule has 12 nitrogen and oxygen atoms in total. The lowest BCUT2D eigenvalue weighted by Gasteiger charge is -2.49. The highest BCUT2D eigenvalue weighted by molar-refractivity contribution is 8.04. The molecule has 21 heteroatoms. The van der Waals surface area contributed by atoms with Crippen molar-refractivity contribution >= 4 is 63.3 Å². The number of hydrogen-bond donors (Lipinski definition) is 4. The first kappa shape index (κ1) is 27.6.